The van der Waals surface area contributed by atoms with Crippen LogP contribution in [0.1, 0.15) is 44.9 Å². The molecule has 1 saturated carbocycles. The van der Waals surface area contributed by atoms with E-state index in [2.05, 4.69) is 0 Å². The van der Waals surface area contributed by atoms with Gasteiger partial charge in [-0.25, -0.2) is 0 Å². The summed E-state index contributed by atoms with van der Waals surface area (Å²) in [5.41, 5.74) is 0. The van der Waals surface area contributed by atoms with E-state index >= 15 is 0 Å². The maximum Gasteiger partial charge on any atom is 0.0851 e. The molecule has 0 aromatic heterocycles. The maximum absolute atomic E-state index is 10.2. The molecule has 3 heteroatoms. The molecular formula is C13H24O3. The summed E-state index contributed by atoms with van der Waals surface area (Å²) in [4.78, 5) is 0. The lowest BCUT2D eigenvalue weighted by Crippen LogP contribution is -2.42. The Morgan fingerprint density at radius 3 is 2.06 bits per heavy atom. The van der Waals surface area contributed by atoms with E-state index in [9.17, 15) is 10.2 Å². The van der Waals surface area contributed by atoms with Crippen LogP contribution in [-0.4, -0.2) is 35.6 Å². The molecule has 2 N–H and O–H groups in total. The molecule has 0 bridgehead atoms. The number of rotatable bonds is 3. The molecule has 1 aliphatic carbocycles. The molecule has 16 heavy (non-hydrogen) atoms. The third-order valence-electron chi connectivity index (χ3n) is 4.16. The summed E-state index contributed by atoms with van der Waals surface area (Å²) in [5, 5.41) is 20.4. The van der Waals surface area contributed by atoms with E-state index in [-0.39, 0.29) is 5.92 Å². The lowest BCUT2D eigenvalue weighted by Gasteiger charge is -2.35. The molecule has 3 unspecified atom stereocenters. The molecule has 1 heterocycles. The Morgan fingerprint density at radius 1 is 0.812 bits per heavy atom. The highest BCUT2D eigenvalue weighted by Crippen LogP contribution is 2.31. The molecule has 3 nitrogen and oxygen atoms in total. The highest BCUT2D eigenvalue weighted by Gasteiger charge is 2.33. The summed E-state index contributed by atoms with van der Waals surface area (Å²) >= 11 is 0. The quantitative estimate of drug-likeness (QED) is 0.773. The van der Waals surface area contributed by atoms with E-state index in [4.69, 9.17) is 4.74 Å². The highest BCUT2D eigenvalue weighted by atomic mass is 16.5. The van der Waals surface area contributed by atoms with Gasteiger partial charge in [0.05, 0.1) is 18.8 Å². The Labute approximate surface area is 97.8 Å². The van der Waals surface area contributed by atoms with Crippen molar-refractivity contribution in [3.63, 3.8) is 0 Å². The topological polar surface area (TPSA) is 49.7 Å². The van der Waals surface area contributed by atoms with E-state index in [1.54, 1.807) is 0 Å². The van der Waals surface area contributed by atoms with E-state index in [1.165, 1.54) is 19.3 Å². The van der Waals surface area contributed by atoms with Crippen molar-refractivity contribution in [3.05, 3.63) is 0 Å². The fraction of sp³-hybridized carbons (Fsp3) is 1.00. The number of aliphatic hydroxyl groups is 2. The van der Waals surface area contributed by atoms with Crippen molar-refractivity contribution in [2.45, 2.75) is 57.2 Å². The molecule has 0 aromatic rings. The number of hydrogen-bond donors (Lipinski definition) is 2. The van der Waals surface area contributed by atoms with E-state index < -0.39 is 12.2 Å². The minimum atomic E-state index is -0.580. The maximum atomic E-state index is 10.2. The summed E-state index contributed by atoms with van der Waals surface area (Å²) in [6.45, 7) is 1.42. The smallest absolute Gasteiger partial charge is 0.0851 e. The first-order valence-electron chi connectivity index (χ1n) is 6.73. The minimum absolute atomic E-state index is 0.144. The van der Waals surface area contributed by atoms with Crippen LogP contribution in [0, 0.1) is 11.8 Å². The Balaban J connectivity index is 1.84. The number of hydrogen-bond acceptors (Lipinski definition) is 3. The van der Waals surface area contributed by atoms with Crippen LogP contribution in [0.25, 0.3) is 0 Å². The molecule has 3 atom stereocenters. The third-order valence-corrected chi connectivity index (χ3v) is 4.16. The summed E-state index contributed by atoms with van der Waals surface area (Å²) in [7, 11) is 0. The molecule has 0 radical (unpaired) electrons. The summed E-state index contributed by atoms with van der Waals surface area (Å²) in [6, 6.07) is 0. The van der Waals surface area contributed by atoms with E-state index in [0.29, 0.717) is 12.5 Å². The van der Waals surface area contributed by atoms with Crippen LogP contribution in [-0.2, 0) is 4.74 Å². The molecular weight excluding hydrogens is 204 g/mol. The Hall–Kier alpha value is -0.120. The monoisotopic (exact) mass is 228 g/mol. The molecule has 0 spiro atoms. The van der Waals surface area contributed by atoms with Gasteiger partial charge in [-0.1, -0.05) is 19.3 Å². The van der Waals surface area contributed by atoms with Gasteiger partial charge in [0.1, 0.15) is 0 Å². The third kappa shape index (κ3) is 2.96. The van der Waals surface area contributed by atoms with Gasteiger partial charge in [0.15, 0.2) is 0 Å². The Bertz CT molecular complexity index is 173. The normalized spacial score (nSPS) is 32.2. The van der Waals surface area contributed by atoms with Crippen LogP contribution in [0.4, 0.5) is 0 Å². The molecule has 0 amide bonds. The molecule has 1 aliphatic heterocycles. The van der Waals surface area contributed by atoms with Crippen molar-refractivity contribution in [1.82, 2.24) is 0 Å². The van der Waals surface area contributed by atoms with Gasteiger partial charge < -0.3 is 14.9 Å². The highest BCUT2D eigenvalue weighted by molar-refractivity contribution is 4.83. The Kier molecular flexibility index (Phi) is 4.62. The first-order valence-corrected chi connectivity index (χ1v) is 6.73. The molecule has 94 valence electrons. The average molecular weight is 228 g/mol. The minimum Gasteiger partial charge on any atom is -0.390 e. The number of aliphatic hydroxyl groups excluding tert-OH is 2. The summed E-state index contributed by atoms with van der Waals surface area (Å²) < 4.78 is 5.37. The SMILES string of the molecule is OC(C1CCCCC1)C(O)C1CCCOC1. The van der Waals surface area contributed by atoms with E-state index in [1.807, 2.05) is 0 Å². The molecule has 2 fully saturated rings. The van der Waals surface area contributed by atoms with Crippen molar-refractivity contribution >= 4 is 0 Å². The molecule has 2 aliphatic rings. The zero-order chi connectivity index (χ0) is 11.4. The van der Waals surface area contributed by atoms with Gasteiger partial charge in [-0.15, -0.1) is 0 Å². The molecule has 0 aromatic carbocycles. The van der Waals surface area contributed by atoms with Crippen LogP contribution in [0.5, 0.6) is 0 Å². The molecule has 1 saturated heterocycles. The van der Waals surface area contributed by atoms with Crippen LogP contribution in [0.3, 0.4) is 0 Å². The first-order chi connectivity index (χ1) is 7.79. The second-order valence-electron chi connectivity index (χ2n) is 5.36. The lowest BCUT2D eigenvalue weighted by molar-refractivity contribution is -0.0881. The van der Waals surface area contributed by atoms with Gasteiger partial charge in [0, 0.05) is 12.5 Å². The number of ether oxygens (including phenoxy) is 1. The first kappa shape index (κ1) is 12.3. The van der Waals surface area contributed by atoms with E-state index in [0.717, 1.165) is 32.3 Å². The van der Waals surface area contributed by atoms with Crippen molar-refractivity contribution < 1.29 is 14.9 Å². The van der Waals surface area contributed by atoms with Crippen LogP contribution < -0.4 is 0 Å². The molecule has 2 rings (SSSR count). The van der Waals surface area contributed by atoms with Crippen LogP contribution in [0.2, 0.25) is 0 Å². The standard InChI is InChI=1S/C13H24O3/c14-12(10-5-2-1-3-6-10)13(15)11-7-4-8-16-9-11/h10-15H,1-9H2. The van der Waals surface area contributed by atoms with Crippen molar-refractivity contribution in [2.24, 2.45) is 11.8 Å². The van der Waals surface area contributed by atoms with Crippen molar-refractivity contribution in [2.75, 3.05) is 13.2 Å². The summed E-state index contributed by atoms with van der Waals surface area (Å²) in [5.74, 6) is 0.455. The lowest BCUT2D eigenvalue weighted by atomic mass is 9.79. The predicted molar refractivity (Wildman–Crippen MR) is 62.1 cm³/mol. The van der Waals surface area contributed by atoms with Gasteiger partial charge in [-0.2, -0.15) is 0 Å². The van der Waals surface area contributed by atoms with Gasteiger partial charge in [0.2, 0.25) is 0 Å². The second-order valence-corrected chi connectivity index (χ2v) is 5.36. The van der Waals surface area contributed by atoms with Crippen LogP contribution >= 0.6 is 0 Å². The van der Waals surface area contributed by atoms with Crippen molar-refractivity contribution in [1.29, 1.82) is 0 Å². The van der Waals surface area contributed by atoms with Gasteiger partial charge in [0.25, 0.3) is 0 Å². The van der Waals surface area contributed by atoms with Crippen LogP contribution in [0.15, 0.2) is 0 Å². The average Bonchev–Trinajstić information content (AvgIpc) is 2.39. The zero-order valence-electron chi connectivity index (χ0n) is 9.98. The van der Waals surface area contributed by atoms with Gasteiger partial charge in [-0.3, -0.25) is 0 Å². The predicted octanol–water partition coefficient (Wildman–Crippen LogP) is 1.72. The second kappa shape index (κ2) is 5.99. The fourth-order valence-electron chi connectivity index (χ4n) is 3.07. The zero-order valence-corrected chi connectivity index (χ0v) is 9.98. The van der Waals surface area contributed by atoms with Gasteiger partial charge in [-0.05, 0) is 31.6 Å². The fourth-order valence-corrected chi connectivity index (χ4v) is 3.07. The largest absolute Gasteiger partial charge is 0.390 e. The Morgan fingerprint density at radius 2 is 1.44 bits per heavy atom. The van der Waals surface area contributed by atoms with Crippen molar-refractivity contribution in [3.8, 4) is 0 Å². The van der Waals surface area contributed by atoms with Gasteiger partial charge >= 0.3 is 0 Å². The summed E-state index contributed by atoms with van der Waals surface area (Å²) in [6.07, 6.45) is 6.73.